The highest BCUT2D eigenvalue weighted by Crippen LogP contribution is 2.33. The van der Waals surface area contributed by atoms with Gasteiger partial charge in [0.05, 0.1) is 29.1 Å². The van der Waals surface area contributed by atoms with Gasteiger partial charge in [0.15, 0.2) is 0 Å². The number of para-hydroxylation sites is 2. The maximum absolute atomic E-state index is 10.8. The van der Waals surface area contributed by atoms with E-state index in [1.807, 2.05) is 66.7 Å². The maximum Gasteiger partial charge on any atom is 0.264 e. The number of nitrogens with two attached hydrogens (primary N) is 1. The number of hydrogen-bond acceptors (Lipinski definition) is 6. The second-order valence-corrected chi connectivity index (χ2v) is 8.87. The summed E-state index contributed by atoms with van der Waals surface area (Å²) in [5, 5.41) is 5.52. The zero-order valence-corrected chi connectivity index (χ0v) is 17.6. The fourth-order valence-corrected chi connectivity index (χ4v) is 4.01. The number of fused-ring (bicyclic) bond motifs is 2. The van der Waals surface area contributed by atoms with Crippen LogP contribution in [0.15, 0.2) is 66.7 Å². The van der Waals surface area contributed by atoms with Gasteiger partial charge in [-0.3, -0.25) is 4.55 Å². The Morgan fingerprint density at radius 2 is 1.61 bits per heavy atom. The van der Waals surface area contributed by atoms with E-state index in [0.29, 0.717) is 5.69 Å². The average molecular weight is 438 g/mol. The lowest BCUT2D eigenvalue weighted by molar-refractivity contribution is 0.121. The summed E-state index contributed by atoms with van der Waals surface area (Å²) >= 11 is 0. The summed E-state index contributed by atoms with van der Waals surface area (Å²) in [5.74, 6) is -0.321. The Morgan fingerprint density at radius 3 is 2.26 bits per heavy atom. The lowest BCUT2D eigenvalue weighted by atomic mass is 10.1. The Balaban J connectivity index is 1.59. The van der Waals surface area contributed by atoms with E-state index in [-0.39, 0.29) is 25.4 Å². The number of nitrogens with one attached hydrogen (secondary N) is 1. The molecule has 0 aliphatic carbocycles. The molecule has 0 saturated heterocycles. The van der Waals surface area contributed by atoms with Gasteiger partial charge in [-0.2, -0.15) is 8.42 Å². The molecule has 31 heavy (non-hydrogen) atoms. The third kappa shape index (κ3) is 5.29. The molecule has 0 radical (unpaired) electrons. The highest BCUT2D eigenvalue weighted by molar-refractivity contribution is 7.85. The molecule has 0 unspecified atom stereocenters. The molecular weight excluding hydrogens is 414 g/mol. The normalized spacial score (nSPS) is 11.8. The predicted molar refractivity (Wildman–Crippen MR) is 124 cm³/mol. The van der Waals surface area contributed by atoms with Gasteiger partial charge < -0.3 is 15.8 Å². The third-order valence-electron chi connectivity index (χ3n) is 4.83. The summed E-state index contributed by atoms with van der Waals surface area (Å²) in [4.78, 5) is 4.74. The van der Waals surface area contributed by atoms with Crippen molar-refractivity contribution in [2.45, 2.75) is 13.0 Å². The van der Waals surface area contributed by atoms with E-state index in [9.17, 15) is 8.42 Å². The lowest BCUT2D eigenvalue weighted by Crippen LogP contribution is -2.07. The van der Waals surface area contributed by atoms with E-state index < -0.39 is 10.1 Å². The first-order valence-corrected chi connectivity index (χ1v) is 11.5. The van der Waals surface area contributed by atoms with Crippen molar-refractivity contribution in [1.82, 2.24) is 4.98 Å². The molecule has 4 rings (SSSR count). The number of pyridine rings is 1. The van der Waals surface area contributed by atoms with Crippen LogP contribution < -0.4 is 11.1 Å². The van der Waals surface area contributed by atoms with Crippen LogP contribution in [0, 0.1) is 0 Å². The van der Waals surface area contributed by atoms with Gasteiger partial charge in [-0.15, -0.1) is 0 Å². The average Bonchev–Trinajstić information content (AvgIpc) is 2.72. The number of nitrogens with zero attached hydrogens (tertiary/aromatic N) is 1. The molecule has 8 heteroatoms. The third-order valence-corrected chi connectivity index (χ3v) is 5.64. The molecule has 1 aromatic heterocycles. The molecule has 3 aromatic carbocycles. The van der Waals surface area contributed by atoms with Crippen molar-refractivity contribution in [3.8, 4) is 0 Å². The molecule has 4 N–H and O–H groups in total. The number of nitrogen functional groups attached to an aromatic ring is 1. The Labute approximate surface area is 180 Å². The molecule has 0 fully saturated rings. The lowest BCUT2D eigenvalue weighted by Gasteiger charge is -2.15. The minimum atomic E-state index is -3.97. The molecule has 4 aromatic rings. The van der Waals surface area contributed by atoms with Crippen LogP contribution in [0.5, 0.6) is 0 Å². The topological polar surface area (TPSA) is 115 Å². The summed E-state index contributed by atoms with van der Waals surface area (Å²) < 4.78 is 35.9. The van der Waals surface area contributed by atoms with Gasteiger partial charge in [0.1, 0.15) is 0 Å². The molecule has 0 aliphatic heterocycles. The predicted octanol–water partition coefficient (Wildman–Crippen LogP) is 4.51. The Bertz CT molecular complexity index is 1290. The van der Waals surface area contributed by atoms with Crippen LogP contribution in [-0.2, 0) is 21.5 Å². The van der Waals surface area contributed by atoms with Crippen molar-refractivity contribution in [3.63, 3.8) is 0 Å². The zero-order chi connectivity index (χ0) is 21.8. The molecular formula is C23H23N3O4S. The summed E-state index contributed by atoms with van der Waals surface area (Å²) in [6.45, 7) is 0.500. The van der Waals surface area contributed by atoms with E-state index in [1.54, 1.807) is 0 Å². The van der Waals surface area contributed by atoms with Crippen molar-refractivity contribution in [1.29, 1.82) is 0 Å². The van der Waals surface area contributed by atoms with E-state index in [1.165, 1.54) is 0 Å². The summed E-state index contributed by atoms with van der Waals surface area (Å²) in [7, 11) is -3.97. The molecule has 0 bridgehead atoms. The second-order valence-electron chi connectivity index (χ2n) is 7.30. The molecule has 1 heterocycles. The standard InChI is InChI=1S/C23H23N3O4S/c24-17-12-16(15-30-10-5-11-31(27,28)29)13-18(14-17)25-23-19-6-1-3-8-21(19)26-22-9-4-2-7-20(22)23/h1-4,6-9,12-14H,5,10-11,15,24H2,(H,25,26)(H,27,28,29). The van der Waals surface area contributed by atoms with Crippen molar-refractivity contribution in [3.05, 3.63) is 72.3 Å². The molecule has 7 nitrogen and oxygen atoms in total. The first-order valence-electron chi connectivity index (χ1n) is 9.86. The van der Waals surface area contributed by atoms with Gasteiger partial charge in [0.2, 0.25) is 0 Å². The quantitative estimate of drug-likeness (QED) is 0.161. The van der Waals surface area contributed by atoms with Gasteiger partial charge >= 0.3 is 0 Å². The highest BCUT2D eigenvalue weighted by Gasteiger charge is 2.10. The number of hydrogen-bond donors (Lipinski definition) is 3. The van der Waals surface area contributed by atoms with E-state index >= 15 is 0 Å². The monoisotopic (exact) mass is 437 g/mol. The van der Waals surface area contributed by atoms with Crippen LogP contribution in [0.2, 0.25) is 0 Å². The first-order chi connectivity index (χ1) is 14.9. The van der Waals surface area contributed by atoms with Gasteiger partial charge in [0, 0.05) is 28.8 Å². The van der Waals surface area contributed by atoms with Crippen molar-refractivity contribution >= 4 is 49.0 Å². The van der Waals surface area contributed by atoms with Crippen LogP contribution in [0.4, 0.5) is 17.1 Å². The van der Waals surface area contributed by atoms with E-state index in [4.69, 9.17) is 20.0 Å². The fraction of sp³-hybridized carbons (Fsp3) is 0.174. The SMILES string of the molecule is Nc1cc(COCCCS(=O)(=O)O)cc(Nc2c3ccccc3nc3ccccc23)c1. The fourth-order valence-electron chi connectivity index (χ4n) is 3.53. The van der Waals surface area contributed by atoms with Crippen molar-refractivity contribution in [2.24, 2.45) is 0 Å². The Morgan fingerprint density at radius 1 is 0.968 bits per heavy atom. The van der Waals surface area contributed by atoms with Crippen LogP contribution in [0.3, 0.4) is 0 Å². The molecule has 0 aliphatic rings. The molecule has 160 valence electrons. The minimum Gasteiger partial charge on any atom is -0.399 e. The highest BCUT2D eigenvalue weighted by atomic mass is 32.2. The molecule has 0 saturated carbocycles. The van der Waals surface area contributed by atoms with Crippen LogP contribution in [-0.4, -0.2) is 30.3 Å². The smallest absolute Gasteiger partial charge is 0.264 e. The number of ether oxygens (including phenoxy) is 1. The van der Waals surface area contributed by atoms with E-state index in [0.717, 1.165) is 38.7 Å². The summed E-state index contributed by atoms with van der Waals surface area (Å²) in [5.41, 5.74) is 11.1. The van der Waals surface area contributed by atoms with Gasteiger partial charge in [0.25, 0.3) is 10.1 Å². The van der Waals surface area contributed by atoms with Gasteiger partial charge in [-0.05, 0) is 42.3 Å². The zero-order valence-electron chi connectivity index (χ0n) is 16.8. The number of rotatable bonds is 8. The summed E-state index contributed by atoms with van der Waals surface area (Å²) in [6, 6.07) is 21.5. The Kier molecular flexibility index (Phi) is 6.03. The number of aromatic nitrogens is 1. The van der Waals surface area contributed by atoms with E-state index in [2.05, 4.69) is 5.32 Å². The maximum atomic E-state index is 10.8. The van der Waals surface area contributed by atoms with Crippen LogP contribution in [0.25, 0.3) is 21.8 Å². The van der Waals surface area contributed by atoms with Gasteiger partial charge in [-0.25, -0.2) is 4.98 Å². The van der Waals surface area contributed by atoms with Crippen LogP contribution >= 0.6 is 0 Å². The Hall–Kier alpha value is -3.20. The summed E-state index contributed by atoms with van der Waals surface area (Å²) in [6.07, 6.45) is 0.223. The minimum absolute atomic E-state index is 0.219. The molecule has 0 atom stereocenters. The van der Waals surface area contributed by atoms with Crippen molar-refractivity contribution < 1.29 is 17.7 Å². The molecule has 0 amide bonds. The molecule has 0 spiro atoms. The first kappa shape index (κ1) is 21.0. The number of anilines is 3. The largest absolute Gasteiger partial charge is 0.399 e. The van der Waals surface area contributed by atoms with Crippen molar-refractivity contribution in [2.75, 3.05) is 23.4 Å². The number of benzene rings is 3. The van der Waals surface area contributed by atoms with Crippen LogP contribution in [0.1, 0.15) is 12.0 Å². The van der Waals surface area contributed by atoms with Gasteiger partial charge in [-0.1, -0.05) is 36.4 Å². The second kappa shape index (κ2) is 8.89.